The molecule has 1 saturated heterocycles. The molecule has 0 atom stereocenters. The van der Waals surface area contributed by atoms with Gasteiger partial charge in [0.1, 0.15) is 0 Å². The van der Waals surface area contributed by atoms with Gasteiger partial charge in [0.05, 0.1) is 0 Å². The van der Waals surface area contributed by atoms with Gasteiger partial charge in [-0.25, -0.2) is 0 Å². The van der Waals surface area contributed by atoms with Crippen LogP contribution in [0.1, 0.15) is 30.6 Å². The summed E-state index contributed by atoms with van der Waals surface area (Å²) in [5.74, 6) is 0.170. The Morgan fingerprint density at radius 2 is 2.19 bits per heavy atom. The van der Waals surface area contributed by atoms with Crippen molar-refractivity contribution in [3.63, 3.8) is 0 Å². The number of carbonyl (C=O) groups is 1. The number of hydrogen-bond acceptors (Lipinski definition) is 1. The predicted molar refractivity (Wildman–Crippen MR) is 73.5 cm³/mol. The van der Waals surface area contributed by atoms with Crippen molar-refractivity contribution >= 4 is 28.5 Å². The Labute approximate surface area is 110 Å². The van der Waals surface area contributed by atoms with Gasteiger partial charge in [0.15, 0.2) is 0 Å². The topological polar surface area (TPSA) is 20.3 Å². The van der Waals surface area contributed by atoms with Gasteiger partial charge in [-0.2, -0.15) is 0 Å². The lowest BCUT2D eigenvalue weighted by Gasteiger charge is -2.19. The van der Waals surface area contributed by atoms with E-state index in [9.17, 15) is 4.79 Å². The van der Waals surface area contributed by atoms with Gasteiger partial charge in [-0.15, -0.1) is 0 Å². The zero-order chi connectivity index (χ0) is 11.8. The van der Waals surface area contributed by atoms with E-state index in [1.165, 1.54) is 0 Å². The summed E-state index contributed by atoms with van der Waals surface area (Å²) >= 11 is 2.24. The Kier molecular flexibility index (Phi) is 3.24. The van der Waals surface area contributed by atoms with Crippen molar-refractivity contribution in [2.24, 2.45) is 5.41 Å². The molecule has 86 valence electrons. The maximum atomic E-state index is 12.2. The van der Waals surface area contributed by atoms with Crippen LogP contribution in [0.15, 0.2) is 24.3 Å². The first-order chi connectivity index (χ1) is 7.48. The first-order valence-electron chi connectivity index (χ1n) is 5.53. The van der Waals surface area contributed by atoms with Crippen molar-refractivity contribution in [1.29, 1.82) is 0 Å². The fourth-order valence-electron chi connectivity index (χ4n) is 2.09. The van der Waals surface area contributed by atoms with E-state index in [1.807, 2.05) is 29.2 Å². The summed E-state index contributed by atoms with van der Waals surface area (Å²) in [6, 6.07) is 7.80. The molecule has 0 spiro atoms. The van der Waals surface area contributed by atoms with Crippen LogP contribution in [0.25, 0.3) is 0 Å². The second-order valence-electron chi connectivity index (χ2n) is 5.15. The van der Waals surface area contributed by atoms with Crippen molar-refractivity contribution < 1.29 is 4.79 Å². The number of carbonyl (C=O) groups excluding carboxylic acids is 1. The quantitative estimate of drug-likeness (QED) is 0.725. The van der Waals surface area contributed by atoms with Crippen LogP contribution < -0.4 is 0 Å². The van der Waals surface area contributed by atoms with Crippen molar-refractivity contribution in [2.75, 3.05) is 13.1 Å². The van der Waals surface area contributed by atoms with Crippen LogP contribution in [-0.2, 0) is 0 Å². The molecular formula is C13H16INO. The second-order valence-corrected chi connectivity index (χ2v) is 6.40. The van der Waals surface area contributed by atoms with Gasteiger partial charge in [-0.05, 0) is 52.6 Å². The molecule has 2 nitrogen and oxygen atoms in total. The Hall–Kier alpha value is -0.580. The highest BCUT2D eigenvalue weighted by Crippen LogP contribution is 2.29. The highest BCUT2D eigenvalue weighted by Gasteiger charge is 2.32. The standard InChI is InChI=1S/C13H16INO/c1-13(2)6-7-15(9-13)12(16)10-4-3-5-11(14)8-10/h3-5,8H,6-7,9H2,1-2H3. The summed E-state index contributed by atoms with van der Waals surface area (Å²) in [7, 11) is 0. The number of benzene rings is 1. The molecule has 0 aliphatic carbocycles. The number of halogens is 1. The Balaban J connectivity index is 2.15. The lowest BCUT2D eigenvalue weighted by molar-refractivity contribution is 0.0778. The maximum absolute atomic E-state index is 12.2. The Morgan fingerprint density at radius 3 is 2.75 bits per heavy atom. The summed E-state index contributed by atoms with van der Waals surface area (Å²) in [6.45, 7) is 6.19. The molecule has 0 N–H and O–H groups in total. The summed E-state index contributed by atoms with van der Waals surface area (Å²) in [6.07, 6.45) is 1.10. The lowest BCUT2D eigenvalue weighted by atomic mass is 9.93. The number of hydrogen-bond donors (Lipinski definition) is 0. The van der Waals surface area contributed by atoms with Gasteiger partial charge in [0.25, 0.3) is 5.91 Å². The highest BCUT2D eigenvalue weighted by atomic mass is 127. The molecule has 1 aliphatic rings. The number of rotatable bonds is 1. The largest absolute Gasteiger partial charge is 0.338 e. The molecule has 1 aromatic rings. The smallest absolute Gasteiger partial charge is 0.253 e. The zero-order valence-corrected chi connectivity index (χ0v) is 11.8. The Bertz CT molecular complexity index is 414. The third-order valence-electron chi connectivity index (χ3n) is 3.04. The molecule has 1 heterocycles. The van der Waals surface area contributed by atoms with Crippen molar-refractivity contribution in [1.82, 2.24) is 4.90 Å². The van der Waals surface area contributed by atoms with E-state index in [4.69, 9.17) is 0 Å². The van der Waals surface area contributed by atoms with E-state index in [0.29, 0.717) is 0 Å². The van der Waals surface area contributed by atoms with Gasteiger partial charge in [0.2, 0.25) is 0 Å². The van der Waals surface area contributed by atoms with E-state index in [-0.39, 0.29) is 11.3 Å². The van der Waals surface area contributed by atoms with Gasteiger partial charge < -0.3 is 4.90 Å². The molecule has 1 aliphatic heterocycles. The third-order valence-corrected chi connectivity index (χ3v) is 3.71. The molecule has 1 fully saturated rings. The molecule has 0 radical (unpaired) electrons. The number of amides is 1. The fraction of sp³-hybridized carbons (Fsp3) is 0.462. The van der Waals surface area contributed by atoms with Crippen LogP contribution in [0.4, 0.5) is 0 Å². The fourth-order valence-corrected chi connectivity index (χ4v) is 2.63. The highest BCUT2D eigenvalue weighted by molar-refractivity contribution is 14.1. The van der Waals surface area contributed by atoms with Crippen LogP contribution in [0, 0.1) is 8.99 Å². The van der Waals surface area contributed by atoms with E-state index in [0.717, 1.165) is 28.6 Å². The summed E-state index contributed by atoms with van der Waals surface area (Å²) < 4.78 is 1.11. The minimum absolute atomic E-state index is 0.170. The molecule has 1 aromatic carbocycles. The van der Waals surface area contributed by atoms with Crippen LogP contribution >= 0.6 is 22.6 Å². The normalized spacial score (nSPS) is 18.8. The van der Waals surface area contributed by atoms with Gasteiger partial charge in [-0.1, -0.05) is 19.9 Å². The average Bonchev–Trinajstić information content (AvgIpc) is 2.58. The summed E-state index contributed by atoms with van der Waals surface area (Å²) in [4.78, 5) is 14.2. The van der Waals surface area contributed by atoms with Crippen LogP contribution in [0.2, 0.25) is 0 Å². The minimum atomic E-state index is 0.170. The van der Waals surface area contributed by atoms with Gasteiger partial charge >= 0.3 is 0 Å². The molecular weight excluding hydrogens is 313 g/mol. The molecule has 0 unspecified atom stereocenters. The van der Waals surface area contributed by atoms with Crippen LogP contribution in [0.5, 0.6) is 0 Å². The Morgan fingerprint density at radius 1 is 1.44 bits per heavy atom. The number of nitrogens with zero attached hydrogens (tertiary/aromatic N) is 1. The number of likely N-dealkylation sites (tertiary alicyclic amines) is 1. The molecule has 16 heavy (non-hydrogen) atoms. The second kappa shape index (κ2) is 4.35. The predicted octanol–water partition coefficient (Wildman–Crippen LogP) is 3.16. The van der Waals surface area contributed by atoms with E-state index < -0.39 is 0 Å². The van der Waals surface area contributed by atoms with E-state index in [1.54, 1.807) is 0 Å². The first kappa shape index (κ1) is 11.9. The molecule has 0 aromatic heterocycles. The van der Waals surface area contributed by atoms with Gasteiger partial charge in [0, 0.05) is 22.2 Å². The molecule has 0 bridgehead atoms. The summed E-state index contributed by atoms with van der Waals surface area (Å²) in [5.41, 5.74) is 1.09. The maximum Gasteiger partial charge on any atom is 0.253 e. The van der Waals surface area contributed by atoms with Crippen LogP contribution in [0.3, 0.4) is 0 Å². The van der Waals surface area contributed by atoms with Gasteiger partial charge in [-0.3, -0.25) is 4.79 Å². The monoisotopic (exact) mass is 329 g/mol. The van der Waals surface area contributed by atoms with Crippen LogP contribution in [-0.4, -0.2) is 23.9 Å². The average molecular weight is 329 g/mol. The molecule has 2 rings (SSSR count). The van der Waals surface area contributed by atoms with Crippen molar-refractivity contribution in [3.8, 4) is 0 Å². The van der Waals surface area contributed by atoms with E-state index >= 15 is 0 Å². The first-order valence-corrected chi connectivity index (χ1v) is 6.61. The lowest BCUT2D eigenvalue weighted by Crippen LogP contribution is -2.30. The van der Waals surface area contributed by atoms with E-state index in [2.05, 4.69) is 36.4 Å². The zero-order valence-electron chi connectivity index (χ0n) is 9.66. The molecule has 0 saturated carbocycles. The summed E-state index contributed by atoms with van der Waals surface area (Å²) in [5, 5.41) is 0. The SMILES string of the molecule is CC1(C)CCN(C(=O)c2cccc(I)c2)C1. The minimum Gasteiger partial charge on any atom is -0.338 e. The molecule has 3 heteroatoms. The molecule has 1 amide bonds. The van der Waals surface area contributed by atoms with Crippen molar-refractivity contribution in [3.05, 3.63) is 33.4 Å². The van der Waals surface area contributed by atoms with Crippen molar-refractivity contribution in [2.45, 2.75) is 20.3 Å². The third kappa shape index (κ3) is 2.56.